The van der Waals surface area contributed by atoms with Crippen LogP contribution in [0, 0.1) is 0 Å². The molecule has 2 N–H and O–H groups in total. The number of halogens is 2. The molecular weight excluding hydrogens is 172 g/mol. The standard InChI is InChI=1S/C3H4O4.BF2O.Li/c4-2(5)1-3(6)7;2-1(3)4;/h1H2,(H,4,5)(H,6,7);;/q;-1;+1. The summed E-state index contributed by atoms with van der Waals surface area (Å²) in [5.41, 5.74) is 0. The van der Waals surface area contributed by atoms with Crippen LogP contribution in [0.2, 0.25) is 0 Å². The molecule has 0 unspecified atom stereocenters. The van der Waals surface area contributed by atoms with Gasteiger partial charge in [0.05, 0.1) is 0 Å². The number of rotatable bonds is 2. The van der Waals surface area contributed by atoms with Crippen LogP contribution in [0.1, 0.15) is 6.42 Å². The minimum Gasteiger partial charge on any atom is -0.824 e. The Hall–Kier alpha value is -0.578. The van der Waals surface area contributed by atoms with Gasteiger partial charge in [0.1, 0.15) is 6.42 Å². The van der Waals surface area contributed by atoms with Crippen LogP contribution in [0.15, 0.2) is 0 Å². The Morgan fingerprint density at radius 2 is 1.42 bits per heavy atom. The van der Waals surface area contributed by atoms with Crippen molar-refractivity contribution < 1.29 is 52.3 Å². The summed E-state index contributed by atoms with van der Waals surface area (Å²) in [6.45, 7) is 0. The zero-order valence-electron chi connectivity index (χ0n) is 6.16. The maximum Gasteiger partial charge on any atom is 1.00 e. The number of carboxylic acid groups (broad SMARTS) is 2. The van der Waals surface area contributed by atoms with Crippen LogP contribution in [-0.4, -0.2) is 29.6 Å². The molecule has 0 aromatic heterocycles. The van der Waals surface area contributed by atoms with E-state index in [9.17, 15) is 18.2 Å². The second kappa shape index (κ2) is 10.4. The van der Waals surface area contributed by atoms with Crippen LogP contribution >= 0.6 is 0 Å². The molecule has 0 aliphatic carbocycles. The van der Waals surface area contributed by atoms with E-state index in [0.29, 0.717) is 0 Å². The van der Waals surface area contributed by atoms with E-state index in [1.807, 2.05) is 0 Å². The van der Waals surface area contributed by atoms with Crippen molar-refractivity contribution in [2.45, 2.75) is 6.42 Å². The predicted molar refractivity (Wildman–Crippen MR) is 27.9 cm³/mol. The quantitative estimate of drug-likeness (QED) is 0.328. The molecule has 0 rings (SSSR count). The van der Waals surface area contributed by atoms with E-state index in [0.717, 1.165) is 0 Å². The molecule has 0 heterocycles. The normalized spacial score (nSPS) is 6.92. The van der Waals surface area contributed by atoms with Crippen LogP contribution in [0.3, 0.4) is 0 Å². The molecule has 0 fully saturated rings. The van der Waals surface area contributed by atoms with Crippen molar-refractivity contribution in [3.8, 4) is 0 Å². The van der Waals surface area contributed by atoms with Gasteiger partial charge in [-0.3, -0.25) is 9.59 Å². The predicted octanol–water partition coefficient (Wildman–Crippen LogP) is -4.18. The minimum absolute atomic E-state index is 0. The average molecular weight is 176 g/mol. The Labute approximate surface area is 78.8 Å². The van der Waals surface area contributed by atoms with Crippen LogP contribution in [0.4, 0.5) is 8.63 Å². The summed E-state index contributed by atoms with van der Waals surface area (Å²) in [4.78, 5) is 18.9. The van der Waals surface area contributed by atoms with Crippen molar-refractivity contribution in [3.05, 3.63) is 0 Å². The molecule has 0 saturated carbocycles. The first-order chi connectivity index (χ1) is 4.86. The SMILES string of the molecule is O=C(O)CC(=O)O.[Li+].[O-]B(F)F. The van der Waals surface area contributed by atoms with Gasteiger partial charge in [-0.1, -0.05) is 0 Å². The van der Waals surface area contributed by atoms with E-state index in [1.54, 1.807) is 0 Å². The Morgan fingerprint density at radius 1 is 1.25 bits per heavy atom. The van der Waals surface area contributed by atoms with E-state index in [1.165, 1.54) is 0 Å². The number of hydrogen-bond donors (Lipinski definition) is 2. The number of carbonyl (C=O) groups is 2. The number of aliphatic carboxylic acids is 2. The van der Waals surface area contributed by atoms with Gasteiger partial charge in [0.15, 0.2) is 0 Å². The Balaban J connectivity index is -0.000000142. The summed E-state index contributed by atoms with van der Waals surface area (Å²) >= 11 is 0. The molecular formula is C3H4BF2LiO5. The molecule has 0 bridgehead atoms. The minimum atomic E-state index is -3.42. The van der Waals surface area contributed by atoms with Gasteiger partial charge in [0.2, 0.25) is 0 Å². The van der Waals surface area contributed by atoms with E-state index in [2.05, 4.69) is 0 Å². The van der Waals surface area contributed by atoms with E-state index in [4.69, 9.17) is 15.2 Å². The monoisotopic (exact) mass is 176 g/mol. The number of hydrogen-bond acceptors (Lipinski definition) is 3. The molecule has 0 amide bonds. The van der Waals surface area contributed by atoms with Crippen molar-refractivity contribution in [3.63, 3.8) is 0 Å². The zero-order chi connectivity index (χ0) is 9.44. The molecule has 0 aliphatic rings. The molecule has 0 spiro atoms. The first-order valence-corrected chi connectivity index (χ1v) is 2.23. The fraction of sp³-hybridized carbons (Fsp3) is 0.333. The maximum atomic E-state index is 9.78. The van der Waals surface area contributed by atoms with Crippen molar-refractivity contribution in [2.75, 3.05) is 0 Å². The third-order valence-electron chi connectivity index (χ3n) is 0.302. The summed E-state index contributed by atoms with van der Waals surface area (Å²) in [6, 6.07) is 0. The fourth-order valence-electron chi connectivity index (χ4n) is 0.129. The van der Waals surface area contributed by atoms with Crippen LogP contribution in [0.5, 0.6) is 0 Å². The Morgan fingerprint density at radius 3 is 1.42 bits per heavy atom. The van der Waals surface area contributed by atoms with Gasteiger partial charge in [0, 0.05) is 0 Å². The first kappa shape index (κ1) is 17.5. The maximum absolute atomic E-state index is 9.78. The molecule has 0 atom stereocenters. The second-order valence-electron chi connectivity index (χ2n) is 1.22. The van der Waals surface area contributed by atoms with E-state index >= 15 is 0 Å². The molecule has 9 heteroatoms. The molecule has 5 nitrogen and oxygen atoms in total. The first-order valence-electron chi connectivity index (χ1n) is 2.23. The Kier molecular flexibility index (Phi) is 15.2. The van der Waals surface area contributed by atoms with Crippen LogP contribution in [0.25, 0.3) is 0 Å². The van der Waals surface area contributed by atoms with Crippen molar-refractivity contribution >= 4 is 19.4 Å². The summed E-state index contributed by atoms with van der Waals surface area (Å²) < 4.78 is 19.6. The molecule has 64 valence electrons. The molecule has 0 saturated heterocycles. The molecule has 0 radical (unpaired) electrons. The number of carboxylic acids is 2. The molecule has 0 aromatic rings. The largest absolute Gasteiger partial charge is 1.00 e. The molecule has 0 aliphatic heterocycles. The third-order valence-corrected chi connectivity index (χ3v) is 0.302. The smallest absolute Gasteiger partial charge is 0.824 e. The second-order valence-corrected chi connectivity index (χ2v) is 1.22. The van der Waals surface area contributed by atoms with Gasteiger partial charge in [0.25, 0.3) is 0 Å². The van der Waals surface area contributed by atoms with Gasteiger partial charge in [-0.15, -0.1) is 0 Å². The van der Waals surface area contributed by atoms with Crippen molar-refractivity contribution in [2.24, 2.45) is 0 Å². The van der Waals surface area contributed by atoms with Crippen LogP contribution in [-0.2, 0) is 9.59 Å². The van der Waals surface area contributed by atoms with Crippen molar-refractivity contribution in [1.82, 2.24) is 0 Å². The van der Waals surface area contributed by atoms with Crippen LogP contribution < -0.4 is 23.9 Å². The van der Waals surface area contributed by atoms with Gasteiger partial charge in [-0.25, -0.2) is 0 Å². The average Bonchev–Trinajstić information content (AvgIpc) is 1.56. The zero-order valence-corrected chi connectivity index (χ0v) is 6.16. The van der Waals surface area contributed by atoms with Crippen molar-refractivity contribution in [1.29, 1.82) is 0 Å². The Bertz CT molecular complexity index is 128. The summed E-state index contributed by atoms with van der Waals surface area (Å²) in [5, 5.41) is 23.6. The summed E-state index contributed by atoms with van der Waals surface area (Å²) in [7, 11) is -3.42. The topological polar surface area (TPSA) is 97.7 Å². The fourth-order valence-corrected chi connectivity index (χ4v) is 0.129. The van der Waals surface area contributed by atoms with Gasteiger partial charge < -0.3 is 23.9 Å². The van der Waals surface area contributed by atoms with Gasteiger partial charge in [-0.2, -0.15) is 0 Å². The van der Waals surface area contributed by atoms with E-state index < -0.39 is 25.8 Å². The van der Waals surface area contributed by atoms with Gasteiger partial charge >= 0.3 is 38.3 Å². The van der Waals surface area contributed by atoms with Gasteiger partial charge in [-0.05, 0) is 0 Å². The third kappa shape index (κ3) is 57.1. The molecule has 0 aromatic carbocycles. The summed E-state index contributed by atoms with van der Waals surface area (Å²) in [6.07, 6.45) is -0.806. The van der Waals surface area contributed by atoms with E-state index in [-0.39, 0.29) is 18.9 Å². The molecule has 12 heavy (non-hydrogen) atoms. The summed E-state index contributed by atoms with van der Waals surface area (Å²) in [5.74, 6) is -2.62.